The molecule has 2 atom stereocenters. The fourth-order valence-corrected chi connectivity index (χ4v) is 2.16. The third-order valence-corrected chi connectivity index (χ3v) is 5.85. The van der Waals surface area contributed by atoms with Gasteiger partial charge in [-0.1, -0.05) is 13.8 Å². The molecule has 0 aromatic rings. The molecule has 0 fully saturated rings. The fourth-order valence-electron chi connectivity index (χ4n) is 2.16. The molecule has 0 spiro atoms. The average molecular weight is 692 g/mol. The lowest BCUT2D eigenvalue weighted by molar-refractivity contribution is -0.870. The molecule has 0 unspecified atom stereocenters. The van der Waals surface area contributed by atoms with Crippen LogP contribution < -0.4 is 40.1 Å². The van der Waals surface area contributed by atoms with Gasteiger partial charge in [-0.2, -0.15) is 0 Å². The number of carbonyl (C=O) groups excluding carboxylic acids is 1. The Morgan fingerprint density at radius 1 is 0.915 bits per heavy atom. The molecule has 0 bridgehead atoms. The summed E-state index contributed by atoms with van der Waals surface area (Å²) in [4.78, 5) is 26.4. The molecule has 47 heavy (non-hydrogen) atoms. The summed E-state index contributed by atoms with van der Waals surface area (Å²) in [5.41, 5.74) is 32.6. The summed E-state index contributed by atoms with van der Waals surface area (Å²) in [7, 11) is 10.0. The number of nitrogens with two attached hydrogens (primary N) is 5. The number of likely N-dealkylation sites (N-methyl/N-ethyl adjacent to an activating group) is 2. The first-order valence-corrected chi connectivity index (χ1v) is 16.2. The molecule has 17 heteroatoms. The van der Waals surface area contributed by atoms with E-state index in [1.54, 1.807) is 0 Å². The summed E-state index contributed by atoms with van der Waals surface area (Å²) in [5.74, 6) is -0.900. The number of carboxylic acids is 1. The van der Waals surface area contributed by atoms with E-state index >= 15 is 0 Å². The zero-order chi connectivity index (χ0) is 38.5. The van der Waals surface area contributed by atoms with Gasteiger partial charge in [0.05, 0.1) is 46.9 Å². The Morgan fingerprint density at radius 2 is 1.38 bits per heavy atom. The molecular formula is C30H79N10O7+3. The van der Waals surface area contributed by atoms with E-state index in [-0.39, 0.29) is 44.2 Å². The second-order valence-corrected chi connectivity index (χ2v) is 12.2. The summed E-state index contributed by atoms with van der Waals surface area (Å²) >= 11 is 0. The van der Waals surface area contributed by atoms with Crippen LogP contribution in [0, 0.1) is 0 Å². The normalized spacial score (nSPS) is 11.6. The number of unbranched alkanes of at least 4 members (excludes halogenated alkanes) is 1. The second kappa shape index (κ2) is 40.1. The van der Waals surface area contributed by atoms with Crippen molar-refractivity contribution in [3.63, 3.8) is 0 Å². The molecule has 0 aromatic carbocycles. The number of hydrogen-bond acceptors (Lipinski definition) is 11. The van der Waals surface area contributed by atoms with Crippen LogP contribution >= 0.6 is 0 Å². The van der Waals surface area contributed by atoms with Crippen LogP contribution in [-0.2, 0) is 9.59 Å². The first-order valence-electron chi connectivity index (χ1n) is 16.2. The van der Waals surface area contributed by atoms with Crippen LogP contribution in [0.3, 0.4) is 0 Å². The number of carbonyl (C=O) groups is 2. The van der Waals surface area contributed by atoms with Crippen LogP contribution in [0.15, 0.2) is 4.99 Å². The lowest BCUT2D eigenvalue weighted by atomic mass is 10.0. The topological polar surface area (TPSA) is 336 Å². The van der Waals surface area contributed by atoms with Crippen molar-refractivity contribution in [3.05, 3.63) is 0 Å². The summed E-state index contributed by atoms with van der Waals surface area (Å²) in [5, 5.41) is 42.1. The number of aliphatic imine (C=N–C) groups is 1. The quantitative estimate of drug-likeness (QED) is 0.0280. The lowest BCUT2D eigenvalue weighted by Gasteiger charge is -2.21. The summed E-state index contributed by atoms with van der Waals surface area (Å²) in [6.07, 6.45) is 5.66. The Morgan fingerprint density at radius 3 is 1.57 bits per heavy atom. The van der Waals surface area contributed by atoms with Gasteiger partial charge in [-0.25, -0.2) is 0 Å². The number of ketones is 1. The Kier molecular flexibility index (Phi) is 48.9. The number of Topliss-reactive ketones (excluding diaryl/α,β-unsaturated/α-hetero) is 1. The van der Waals surface area contributed by atoms with E-state index < -0.39 is 17.6 Å². The van der Waals surface area contributed by atoms with Crippen LogP contribution in [0.4, 0.5) is 0 Å². The van der Waals surface area contributed by atoms with Gasteiger partial charge < -0.3 is 75.1 Å². The van der Waals surface area contributed by atoms with E-state index in [1.165, 1.54) is 6.92 Å². The molecule has 0 radical (unpaired) electrons. The van der Waals surface area contributed by atoms with Gasteiger partial charge in [-0.3, -0.25) is 14.6 Å². The van der Waals surface area contributed by atoms with Crippen LogP contribution in [0.5, 0.6) is 0 Å². The van der Waals surface area contributed by atoms with Gasteiger partial charge in [0.15, 0.2) is 5.96 Å². The number of nitrogens with zero attached hydrogens (tertiary/aromatic N) is 3. The number of aliphatic carboxylic acids is 1. The number of aliphatic hydroxyl groups excluding tert-OH is 4. The van der Waals surface area contributed by atoms with Crippen LogP contribution in [0.2, 0.25) is 0 Å². The molecule has 0 rings (SSSR count). The van der Waals surface area contributed by atoms with E-state index in [4.69, 9.17) is 54.2 Å². The van der Waals surface area contributed by atoms with Gasteiger partial charge in [0, 0.05) is 19.5 Å². The zero-order valence-electron chi connectivity index (χ0n) is 31.2. The van der Waals surface area contributed by atoms with Gasteiger partial charge in [-0.05, 0) is 66.1 Å². The minimum atomic E-state index is -1.00. The monoisotopic (exact) mass is 692 g/mol. The highest BCUT2D eigenvalue weighted by Crippen LogP contribution is 1.99. The smallest absolute Gasteiger partial charge is 0.320 e. The molecule has 0 aliphatic carbocycles. The van der Waals surface area contributed by atoms with Gasteiger partial charge in [0.2, 0.25) is 0 Å². The SMILES string of the molecule is CC(=O)[C@@H](N)CCCC[NH3+].CCC([NH3+])(CO)CO.CCCN.CN(C)CCO.C[N+](C)(C)CCO.NC(N)=NCCC[C@H](N)C(=O)O. The van der Waals surface area contributed by atoms with E-state index in [9.17, 15) is 9.59 Å². The molecular weight excluding hydrogens is 612 g/mol. The van der Waals surface area contributed by atoms with Crippen molar-refractivity contribution < 1.29 is 51.1 Å². The maximum absolute atomic E-state index is 10.6. The molecule has 0 saturated carbocycles. The largest absolute Gasteiger partial charge is 0.480 e. The predicted octanol–water partition coefficient (Wildman–Crippen LogP) is -4.29. The molecule has 0 heterocycles. The number of hydrogen-bond donors (Lipinski definition) is 12. The molecule has 0 aliphatic rings. The van der Waals surface area contributed by atoms with Crippen molar-refractivity contribution in [2.75, 3.05) is 94.4 Å². The highest BCUT2D eigenvalue weighted by molar-refractivity contribution is 5.81. The van der Waals surface area contributed by atoms with Gasteiger partial charge >= 0.3 is 5.97 Å². The van der Waals surface area contributed by atoms with Crippen LogP contribution in [0.1, 0.15) is 65.7 Å². The van der Waals surface area contributed by atoms with Crippen LogP contribution in [0.25, 0.3) is 0 Å². The summed E-state index contributed by atoms with van der Waals surface area (Å²) in [6.45, 7) is 9.71. The van der Waals surface area contributed by atoms with Gasteiger partial charge in [0.25, 0.3) is 0 Å². The number of quaternary nitrogens is 3. The van der Waals surface area contributed by atoms with Crippen LogP contribution in [-0.4, -0.2) is 165 Å². The molecule has 17 nitrogen and oxygen atoms in total. The summed E-state index contributed by atoms with van der Waals surface area (Å²) in [6, 6.07) is -1.06. The standard InChI is InChI=1S/C7H16N2O.C6H14N4O2.C5H13NO2.C5H14NO.C4H11NO.C3H9N/c1-6(10)7(9)4-2-3-5-8;7-4(5(11)12)2-1-3-10-6(8)9;1-2-5(6,3-7)4-8;1-6(2,3)4-5-7;1-5(2)3-4-6;1-2-3-4/h7H,2-5,8-9H2,1H3;4H,1-3,7H2,(H,11,12)(H4,8,9,10);7-8H,2-4,6H2,1H3;7H,4-5H2,1-3H3;6H,3-4H2,1-2H3;2-4H2,1H3/q;;;+1;;/p+2/t7-;4-;;;;/m00..../s1. The van der Waals surface area contributed by atoms with E-state index in [2.05, 4.69) is 44.5 Å². The third-order valence-electron chi connectivity index (χ3n) is 5.85. The van der Waals surface area contributed by atoms with E-state index in [0.29, 0.717) is 25.8 Å². The minimum Gasteiger partial charge on any atom is -0.480 e. The number of aliphatic hydroxyl groups is 4. The number of rotatable bonds is 18. The zero-order valence-corrected chi connectivity index (χ0v) is 31.2. The molecule has 21 N–H and O–H groups in total. The van der Waals surface area contributed by atoms with Gasteiger partial charge in [-0.15, -0.1) is 0 Å². The average Bonchev–Trinajstić information content (AvgIpc) is 2.99. The molecule has 0 amide bonds. The van der Waals surface area contributed by atoms with Crippen molar-refractivity contribution in [1.29, 1.82) is 0 Å². The third kappa shape index (κ3) is 63.3. The maximum Gasteiger partial charge on any atom is 0.320 e. The minimum absolute atomic E-state index is 0.0129. The number of guanidine groups is 1. The first kappa shape index (κ1) is 57.2. The Hall–Kier alpha value is -2.03. The molecule has 0 saturated heterocycles. The number of carboxylic acid groups (broad SMARTS) is 1. The van der Waals surface area contributed by atoms with Crippen molar-refractivity contribution in [2.24, 2.45) is 33.7 Å². The van der Waals surface area contributed by atoms with Gasteiger partial charge in [0.1, 0.15) is 37.1 Å². The van der Waals surface area contributed by atoms with Crippen molar-refractivity contribution in [1.82, 2.24) is 4.90 Å². The van der Waals surface area contributed by atoms with Crippen molar-refractivity contribution in [2.45, 2.75) is 83.3 Å². The predicted molar refractivity (Wildman–Crippen MR) is 191 cm³/mol. The second-order valence-electron chi connectivity index (χ2n) is 12.2. The molecule has 0 aliphatic heterocycles. The van der Waals surface area contributed by atoms with E-state index in [1.807, 2.05) is 25.9 Å². The first-order chi connectivity index (χ1) is 21.6. The Labute approximate surface area is 285 Å². The summed E-state index contributed by atoms with van der Waals surface area (Å²) < 4.78 is 0.844. The fraction of sp³-hybridized carbons (Fsp3) is 0.900. The Balaban J connectivity index is -0.000000111. The highest BCUT2D eigenvalue weighted by Gasteiger charge is 2.23. The maximum atomic E-state index is 10.6. The molecule has 0 aromatic heterocycles. The lowest BCUT2D eigenvalue weighted by Crippen LogP contribution is -2.76. The van der Waals surface area contributed by atoms with Crippen molar-refractivity contribution in [3.8, 4) is 0 Å². The van der Waals surface area contributed by atoms with E-state index in [0.717, 1.165) is 56.3 Å². The Bertz CT molecular complexity index is 680. The molecule has 288 valence electrons. The highest BCUT2D eigenvalue weighted by atomic mass is 16.4. The van der Waals surface area contributed by atoms with Crippen molar-refractivity contribution >= 4 is 17.7 Å².